The van der Waals surface area contributed by atoms with Gasteiger partial charge in [-0.2, -0.15) is 16.9 Å². The summed E-state index contributed by atoms with van der Waals surface area (Å²) in [6.07, 6.45) is 11.1. The van der Waals surface area contributed by atoms with E-state index < -0.39 is 0 Å². The third-order valence-electron chi connectivity index (χ3n) is 4.45. The number of hydrogen-bond donors (Lipinski definition) is 2. The molecule has 0 aromatic carbocycles. The summed E-state index contributed by atoms with van der Waals surface area (Å²) in [6, 6.07) is 4.23. The molecule has 0 bridgehead atoms. The molecule has 0 amide bonds. The van der Waals surface area contributed by atoms with Gasteiger partial charge in [-0.05, 0) is 30.5 Å². The van der Waals surface area contributed by atoms with Crippen LogP contribution in [0.2, 0.25) is 0 Å². The minimum absolute atomic E-state index is 0.449. The zero-order valence-electron chi connectivity index (χ0n) is 12.5. The van der Waals surface area contributed by atoms with Crippen LogP contribution in [0.4, 0.5) is 0 Å². The highest BCUT2D eigenvalue weighted by molar-refractivity contribution is 8.00. The van der Waals surface area contributed by atoms with Gasteiger partial charge in [0.2, 0.25) is 0 Å². The first kappa shape index (κ1) is 15.1. The Kier molecular flexibility index (Phi) is 5.03. The van der Waals surface area contributed by atoms with Gasteiger partial charge in [0.05, 0.1) is 16.8 Å². The van der Waals surface area contributed by atoms with Crippen LogP contribution in [0.5, 0.6) is 0 Å². The summed E-state index contributed by atoms with van der Waals surface area (Å²) < 4.78 is 0.449. The summed E-state index contributed by atoms with van der Waals surface area (Å²) in [5, 5.41) is 13.1. The summed E-state index contributed by atoms with van der Waals surface area (Å²) in [6.45, 7) is 2.00. The number of nitrogens with zero attached hydrogens (tertiary/aromatic N) is 1. The average molecular weight is 322 g/mol. The fourth-order valence-electron chi connectivity index (χ4n) is 3.15. The lowest BCUT2D eigenvalue weighted by Gasteiger charge is -2.36. The van der Waals surface area contributed by atoms with E-state index in [1.807, 2.05) is 18.0 Å². The SMILES string of the molecule is CSC1(CNCc2cn[nH]c2-c2cccs2)CCCCC1. The molecule has 0 aliphatic heterocycles. The Morgan fingerprint density at radius 2 is 2.24 bits per heavy atom. The monoisotopic (exact) mass is 321 g/mol. The van der Waals surface area contributed by atoms with Gasteiger partial charge >= 0.3 is 0 Å². The second-order valence-electron chi connectivity index (χ2n) is 5.80. The molecule has 114 valence electrons. The van der Waals surface area contributed by atoms with Gasteiger partial charge < -0.3 is 5.32 Å². The highest BCUT2D eigenvalue weighted by Gasteiger charge is 2.30. The van der Waals surface area contributed by atoms with E-state index in [-0.39, 0.29) is 0 Å². The maximum absolute atomic E-state index is 4.22. The highest BCUT2D eigenvalue weighted by Crippen LogP contribution is 2.38. The van der Waals surface area contributed by atoms with Crippen molar-refractivity contribution in [3.63, 3.8) is 0 Å². The predicted molar refractivity (Wildman–Crippen MR) is 92.9 cm³/mol. The number of H-pyrrole nitrogens is 1. The Morgan fingerprint density at radius 3 is 2.95 bits per heavy atom. The molecule has 1 fully saturated rings. The third kappa shape index (κ3) is 3.52. The normalized spacial score (nSPS) is 18.0. The van der Waals surface area contributed by atoms with Crippen molar-refractivity contribution in [1.82, 2.24) is 15.5 Å². The van der Waals surface area contributed by atoms with E-state index in [0.29, 0.717) is 4.75 Å². The standard InChI is InChI=1S/C16H23N3S2/c1-20-16(7-3-2-4-8-16)12-17-10-13-11-18-19-15(13)14-6-5-9-21-14/h5-6,9,11,17H,2-4,7-8,10,12H2,1H3,(H,18,19). The molecule has 1 aliphatic carbocycles. The zero-order valence-corrected chi connectivity index (χ0v) is 14.2. The maximum Gasteiger partial charge on any atom is 0.0794 e. The lowest BCUT2D eigenvalue weighted by molar-refractivity contribution is 0.379. The molecule has 1 saturated carbocycles. The van der Waals surface area contributed by atoms with Crippen LogP contribution >= 0.6 is 23.1 Å². The first-order chi connectivity index (χ1) is 10.3. The Bertz CT molecular complexity index is 542. The van der Waals surface area contributed by atoms with Gasteiger partial charge in [-0.25, -0.2) is 0 Å². The Balaban J connectivity index is 1.59. The zero-order chi connectivity index (χ0) is 14.5. The van der Waals surface area contributed by atoms with Gasteiger partial charge in [0.1, 0.15) is 0 Å². The first-order valence-electron chi connectivity index (χ1n) is 7.65. The van der Waals surface area contributed by atoms with E-state index in [4.69, 9.17) is 0 Å². The molecule has 3 rings (SSSR count). The van der Waals surface area contributed by atoms with Crippen molar-refractivity contribution in [2.45, 2.75) is 43.4 Å². The van der Waals surface area contributed by atoms with Crippen molar-refractivity contribution in [1.29, 1.82) is 0 Å². The van der Waals surface area contributed by atoms with Crippen LogP contribution in [0.1, 0.15) is 37.7 Å². The van der Waals surface area contributed by atoms with Crippen LogP contribution in [0, 0.1) is 0 Å². The van der Waals surface area contributed by atoms with Gasteiger partial charge in [-0.3, -0.25) is 5.10 Å². The Hall–Kier alpha value is -0.780. The molecule has 2 aromatic rings. The minimum Gasteiger partial charge on any atom is -0.311 e. The molecule has 0 unspecified atom stereocenters. The van der Waals surface area contributed by atoms with Crippen molar-refractivity contribution < 1.29 is 0 Å². The van der Waals surface area contributed by atoms with E-state index >= 15 is 0 Å². The van der Waals surface area contributed by atoms with Crippen molar-refractivity contribution >= 4 is 23.1 Å². The topological polar surface area (TPSA) is 40.7 Å². The predicted octanol–water partition coefficient (Wildman–Crippen LogP) is 4.29. The highest BCUT2D eigenvalue weighted by atomic mass is 32.2. The molecular formula is C16H23N3S2. The molecule has 0 saturated heterocycles. The third-order valence-corrected chi connectivity index (χ3v) is 6.75. The van der Waals surface area contributed by atoms with Gasteiger partial charge in [0, 0.05) is 23.4 Å². The Labute approximate surface area is 134 Å². The largest absolute Gasteiger partial charge is 0.311 e. The Morgan fingerprint density at radius 1 is 1.38 bits per heavy atom. The van der Waals surface area contributed by atoms with Crippen LogP contribution in [-0.2, 0) is 6.54 Å². The molecule has 0 spiro atoms. The van der Waals surface area contributed by atoms with Crippen molar-refractivity contribution in [2.24, 2.45) is 0 Å². The van der Waals surface area contributed by atoms with Gasteiger partial charge in [-0.15, -0.1) is 11.3 Å². The molecule has 2 heterocycles. The average Bonchev–Trinajstić information content (AvgIpc) is 3.19. The molecule has 2 aromatic heterocycles. The summed E-state index contributed by atoms with van der Waals surface area (Å²) >= 11 is 3.81. The number of aromatic amines is 1. The lowest BCUT2D eigenvalue weighted by Crippen LogP contribution is -2.39. The maximum atomic E-state index is 4.22. The second-order valence-corrected chi connectivity index (χ2v) is 8.02. The van der Waals surface area contributed by atoms with Crippen molar-refractivity contribution in [3.8, 4) is 10.6 Å². The molecule has 1 aliphatic rings. The number of nitrogens with one attached hydrogen (secondary N) is 2. The second kappa shape index (κ2) is 6.99. The van der Waals surface area contributed by atoms with Crippen LogP contribution in [-0.4, -0.2) is 27.7 Å². The number of aromatic nitrogens is 2. The van der Waals surface area contributed by atoms with E-state index in [2.05, 4.69) is 39.3 Å². The minimum atomic E-state index is 0.449. The van der Waals surface area contributed by atoms with E-state index in [0.717, 1.165) is 13.1 Å². The number of thioether (sulfide) groups is 1. The number of thiophene rings is 1. The molecule has 0 radical (unpaired) electrons. The van der Waals surface area contributed by atoms with Crippen LogP contribution < -0.4 is 5.32 Å². The van der Waals surface area contributed by atoms with Crippen molar-refractivity contribution in [3.05, 3.63) is 29.3 Å². The van der Waals surface area contributed by atoms with Crippen LogP contribution in [0.15, 0.2) is 23.7 Å². The van der Waals surface area contributed by atoms with Gasteiger partial charge in [0.25, 0.3) is 0 Å². The van der Waals surface area contributed by atoms with Crippen LogP contribution in [0.25, 0.3) is 10.6 Å². The number of hydrogen-bond acceptors (Lipinski definition) is 4. The summed E-state index contributed by atoms with van der Waals surface area (Å²) in [5.41, 5.74) is 2.43. The van der Waals surface area contributed by atoms with Crippen LogP contribution in [0.3, 0.4) is 0 Å². The quantitative estimate of drug-likeness (QED) is 0.833. The molecule has 5 heteroatoms. The summed E-state index contributed by atoms with van der Waals surface area (Å²) in [4.78, 5) is 1.27. The van der Waals surface area contributed by atoms with Gasteiger partial charge in [-0.1, -0.05) is 25.3 Å². The molecule has 3 nitrogen and oxygen atoms in total. The lowest BCUT2D eigenvalue weighted by atomic mass is 9.88. The number of rotatable bonds is 6. The van der Waals surface area contributed by atoms with E-state index in [1.54, 1.807) is 11.3 Å². The fourth-order valence-corrected chi connectivity index (χ4v) is 4.85. The van der Waals surface area contributed by atoms with Crippen molar-refractivity contribution in [2.75, 3.05) is 12.8 Å². The summed E-state index contributed by atoms with van der Waals surface area (Å²) in [7, 11) is 0. The first-order valence-corrected chi connectivity index (χ1v) is 9.75. The summed E-state index contributed by atoms with van der Waals surface area (Å²) in [5.74, 6) is 0. The van der Waals surface area contributed by atoms with E-state index in [9.17, 15) is 0 Å². The van der Waals surface area contributed by atoms with E-state index in [1.165, 1.54) is 48.2 Å². The molecular weight excluding hydrogens is 298 g/mol. The fraction of sp³-hybridized carbons (Fsp3) is 0.562. The smallest absolute Gasteiger partial charge is 0.0794 e. The molecule has 2 N–H and O–H groups in total. The molecule has 0 atom stereocenters. The molecule has 21 heavy (non-hydrogen) atoms. The van der Waals surface area contributed by atoms with Gasteiger partial charge in [0.15, 0.2) is 0 Å².